The molecule has 25 heavy (non-hydrogen) atoms. The number of hydrogen-bond acceptors (Lipinski definition) is 4. The van der Waals surface area contributed by atoms with Gasteiger partial charge >= 0.3 is 0 Å². The lowest BCUT2D eigenvalue weighted by atomic mass is 9.93. The van der Waals surface area contributed by atoms with Gasteiger partial charge in [-0.05, 0) is 31.5 Å². The Morgan fingerprint density at radius 2 is 1.84 bits per heavy atom. The van der Waals surface area contributed by atoms with Crippen LogP contribution >= 0.6 is 0 Å². The van der Waals surface area contributed by atoms with Crippen LogP contribution in [0.4, 0.5) is 0 Å². The van der Waals surface area contributed by atoms with Gasteiger partial charge in [0, 0.05) is 0 Å². The highest BCUT2D eigenvalue weighted by molar-refractivity contribution is 5.42. The minimum atomic E-state index is -0.470. The first-order valence-corrected chi connectivity index (χ1v) is 8.85. The quantitative estimate of drug-likeness (QED) is 0.464. The lowest BCUT2D eigenvalue weighted by Gasteiger charge is -2.24. The summed E-state index contributed by atoms with van der Waals surface area (Å²) in [5.74, 6) is 1.38. The van der Waals surface area contributed by atoms with Crippen LogP contribution in [0.2, 0.25) is 0 Å². The van der Waals surface area contributed by atoms with E-state index in [4.69, 9.17) is 14.2 Å². The minimum Gasteiger partial charge on any atom is -0.493 e. The van der Waals surface area contributed by atoms with E-state index in [1.165, 1.54) is 4.90 Å². The molecule has 1 aromatic carbocycles. The summed E-state index contributed by atoms with van der Waals surface area (Å²) in [6.07, 6.45) is -0.470. The van der Waals surface area contributed by atoms with Crippen LogP contribution in [0.25, 0.3) is 0 Å². The van der Waals surface area contributed by atoms with Crippen LogP contribution in [0.15, 0.2) is 18.2 Å². The van der Waals surface area contributed by atoms with E-state index in [0.717, 1.165) is 18.7 Å². The van der Waals surface area contributed by atoms with Crippen LogP contribution < -0.4 is 19.7 Å². The maximum atomic E-state index is 10.1. The second kappa shape index (κ2) is 10.6. The fraction of sp³-hybridized carbons (Fsp3) is 0.684. The van der Waals surface area contributed by atoms with E-state index in [0.29, 0.717) is 31.3 Å². The van der Waals surface area contributed by atoms with Gasteiger partial charge in [0.1, 0.15) is 12.6 Å². The zero-order valence-electron chi connectivity index (χ0n) is 16.6. The Morgan fingerprint density at radius 3 is 2.44 bits per heavy atom. The fourth-order valence-corrected chi connectivity index (χ4v) is 3.05. The van der Waals surface area contributed by atoms with E-state index in [-0.39, 0.29) is 5.41 Å². The minimum absolute atomic E-state index is 0.249. The number of rotatable bonds is 12. The normalized spacial score (nSPS) is 13.1. The highest BCUT2D eigenvalue weighted by Crippen LogP contribution is 2.27. The molecule has 0 saturated heterocycles. The second-order valence-corrected chi connectivity index (χ2v) is 7.63. The van der Waals surface area contributed by atoms with E-state index in [1.54, 1.807) is 14.2 Å². The SMILES string of the molecule is COc1ccc(COC[C@H](O)C[NH2+]CC(C)(C)C[NH+](C)C)cc1OC. The van der Waals surface area contributed by atoms with Crippen molar-refractivity contribution < 1.29 is 29.5 Å². The summed E-state index contributed by atoms with van der Waals surface area (Å²) >= 11 is 0. The van der Waals surface area contributed by atoms with Crippen LogP contribution in [0.3, 0.4) is 0 Å². The van der Waals surface area contributed by atoms with E-state index in [9.17, 15) is 5.11 Å². The van der Waals surface area contributed by atoms with E-state index in [1.807, 2.05) is 18.2 Å². The number of nitrogens with one attached hydrogen (secondary N) is 1. The number of aliphatic hydroxyl groups is 1. The maximum Gasteiger partial charge on any atom is 0.161 e. The lowest BCUT2D eigenvalue weighted by molar-refractivity contribution is -0.868. The molecular formula is C19H36N2O4+2. The molecule has 1 rings (SSSR count). The molecule has 0 unspecified atom stereocenters. The molecule has 0 aliphatic rings. The van der Waals surface area contributed by atoms with E-state index >= 15 is 0 Å². The Labute approximate surface area is 152 Å². The Morgan fingerprint density at radius 1 is 1.16 bits per heavy atom. The smallest absolute Gasteiger partial charge is 0.161 e. The Kier molecular flexibility index (Phi) is 9.21. The molecule has 0 bridgehead atoms. The summed E-state index contributed by atoms with van der Waals surface area (Å²) < 4.78 is 16.1. The van der Waals surface area contributed by atoms with Crippen LogP contribution in [0.5, 0.6) is 11.5 Å². The van der Waals surface area contributed by atoms with Gasteiger partial charge in [-0.1, -0.05) is 6.07 Å². The average Bonchev–Trinajstić information content (AvgIpc) is 2.53. The van der Waals surface area contributed by atoms with Crippen molar-refractivity contribution in [1.29, 1.82) is 0 Å². The first-order valence-electron chi connectivity index (χ1n) is 8.85. The van der Waals surface area contributed by atoms with Gasteiger partial charge in [0.15, 0.2) is 11.5 Å². The maximum absolute atomic E-state index is 10.1. The number of aliphatic hydroxyl groups excluding tert-OH is 1. The third-order valence-electron chi connectivity index (χ3n) is 3.99. The molecule has 6 heteroatoms. The standard InChI is InChI=1S/C19H34N2O4/c1-19(2,14-21(3)4)13-20-10-16(22)12-25-11-15-7-8-17(23-5)18(9-15)24-6/h7-9,16,20,22H,10-14H2,1-6H3/p+2/t16-/m1/s1. The molecule has 0 radical (unpaired) electrons. The Hall–Kier alpha value is -1.34. The largest absolute Gasteiger partial charge is 0.493 e. The summed E-state index contributed by atoms with van der Waals surface area (Å²) in [5.41, 5.74) is 1.24. The van der Waals surface area contributed by atoms with Crippen LogP contribution in [0, 0.1) is 5.41 Å². The zero-order valence-corrected chi connectivity index (χ0v) is 16.6. The van der Waals surface area contributed by atoms with Gasteiger partial charge in [-0.15, -0.1) is 0 Å². The highest BCUT2D eigenvalue weighted by atomic mass is 16.5. The molecule has 6 nitrogen and oxygen atoms in total. The molecular weight excluding hydrogens is 320 g/mol. The summed E-state index contributed by atoms with van der Waals surface area (Å²) in [7, 11) is 7.56. The first-order chi connectivity index (χ1) is 11.8. The number of nitrogens with two attached hydrogens (primary N) is 1. The fourth-order valence-electron chi connectivity index (χ4n) is 3.05. The zero-order chi connectivity index (χ0) is 18.9. The predicted octanol–water partition coefficient (Wildman–Crippen LogP) is -0.685. The topological polar surface area (TPSA) is 69.0 Å². The van der Waals surface area contributed by atoms with Crippen molar-refractivity contribution in [2.45, 2.75) is 26.6 Å². The lowest BCUT2D eigenvalue weighted by Crippen LogP contribution is -3.08. The summed E-state index contributed by atoms with van der Waals surface area (Å²) in [4.78, 5) is 1.44. The molecule has 0 aliphatic carbocycles. The van der Waals surface area contributed by atoms with Crippen molar-refractivity contribution in [2.75, 3.05) is 54.6 Å². The monoisotopic (exact) mass is 356 g/mol. The molecule has 4 N–H and O–H groups in total. The van der Waals surface area contributed by atoms with Crippen molar-refractivity contribution in [3.63, 3.8) is 0 Å². The van der Waals surface area contributed by atoms with Crippen LogP contribution in [0.1, 0.15) is 19.4 Å². The van der Waals surface area contributed by atoms with E-state index in [2.05, 4.69) is 33.3 Å². The summed E-state index contributed by atoms with van der Waals surface area (Å²) in [6.45, 7) is 8.03. The third kappa shape index (κ3) is 8.54. The number of ether oxygens (including phenoxy) is 3. The summed E-state index contributed by atoms with van der Waals surface area (Å²) in [6, 6.07) is 5.69. The van der Waals surface area contributed by atoms with Gasteiger partial charge in [0.2, 0.25) is 0 Å². The molecule has 0 heterocycles. The van der Waals surface area contributed by atoms with Gasteiger partial charge in [-0.25, -0.2) is 0 Å². The van der Waals surface area contributed by atoms with Gasteiger partial charge in [-0.3, -0.25) is 0 Å². The molecule has 144 valence electrons. The molecule has 0 fully saturated rings. The van der Waals surface area contributed by atoms with Gasteiger partial charge in [0.25, 0.3) is 0 Å². The second-order valence-electron chi connectivity index (χ2n) is 7.63. The molecule has 1 atom stereocenters. The molecule has 0 amide bonds. The van der Waals surface area contributed by atoms with Crippen LogP contribution in [-0.2, 0) is 11.3 Å². The molecule has 0 saturated carbocycles. The van der Waals surface area contributed by atoms with Gasteiger partial charge < -0.3 is 29.5 Å². The number of methoxy groups -OCH3 is 2. The van der Waals surface area contributed by atoms with Gasteiger partial charge in [0.05, 0.1) is 60.0 Å². The molecule has 1 aromatic rings. The molecule has 0 spiro atoms. The van der Waals surface area contributed by atoms with Gasteiger partial charge in [-0.2, -0.15) is 0 Å². The van der Waals surface area contributed by atoms with Crippen molar-refractivity contribution >= 4 is 0 Å². The first kappa shape index (κ1) is 21.7. The Balaban J connectivity index is 2.29. The van der Waals surface area contributed by atoms with Crippen molar-refractivity contribution in [1.82, 2.24) is 0 Å². The summed E-state index contributed by atoms with van der Waals surface area (Å²) in [5, 5.41) is 12.3. The van der Waals surface area contributed by atoms with Crippen LogP contribution in [-0.4, -0.2) is 65.8 Å². The Bertz CT molecular complexity index is 506. The number of benzene rings is 1. The highest BCUT2D eigenvalue weighted by Gasteiger charge is 2.24. The van der Waals surface area contributed by atoms with E-state index < -0.39 is 6.10 Å². The molecule has 0 aromatic heterocycles. The average molecular weight is 357 g/mol. The molecule has 0 aliphatic heterocycles. The van der Waals surface area contributed by atoms with Crippen molar-refractivity contribution in [2.24, 2.45) is 5.41 Å². The van der Waals surface area contributed by atoms with Crippen molar-refractivity contribution in [3.05, 3.63) is 23.8 Å². The van der Waals surface area contributed by atoms with Crippen molar-refractivity contribution in [3.8, 4) is 11.5 Å². The number of hydrogen-bond donors (Lipinski definition) is 3. The number of quaternary nitrogens is 2. The third-order valence-corrected chi connectivity index (χ3v) is 3.99. The predicted molar refractivity (Wildman–Crippen MR) is 98.3 cm³/mol.